The number of carbonyl (C=O) groups excluding carboxylic acids is 1. The molecule has 3 heterocycles. The molecule has 0 radical (unpaired) electrons. The van der Waals surface area contributed by atoms with Gasteiger partial charge in [-0.25, -0.2) is 4.98 Å². The normalized spacial score (nSPS) is 30.8. The average molecular weight is 401 g/mol. The van der Waals surface area contributed by atoms with E-state index in [2.05, 4.69) is 10.3 Å². The van der Waals surface area contributed by atoms with Gasteiger partial charge >= 0.3 is 4.87 Å². The summed E-state index contributed by atoms with van der Waals surface area (Å²) in [6.45, 7) is -0.143. The smallest absolute Gasteiger partial charge is 0.308 e. The van der Waals surface area contributed by atoms with Crippen LogP contribution >= 0.6 is 34.4 Å². The van der Waals surface area contributed by atoms with Gasteiger partial charge in [0, 0.05) is 34.0 Å². The second-order valence-electron chi connectivity index (χ2n) is 5.98. The van der Waals surface area contributed by atoms with Crippen LogP contribution in [-0.2, 0) is 11.3 Å². The number of hydrogen-bond donors (Lipinski definition) is 4. The van der Waals surface area contributed by atoms with Crippen molar-refractivity contribution < 1.29 is 20.1 Å². The van der Waals surface area contributed by atoms with E-state index in [1.54, 1.807) is 11.6 Å². The molecule has 1 saturated carbocycles. The molecule has 0 unspecified atom stereocenters. The van der Waals surface area contributed by atoms with Crippen molar-refractivity contribution in [3.8, 4) is 0 Å². The molecular weight excluding hydrogens is 386 g/mol. The van der Waals surface area contributed by atoms with Crippen molar-refractivity contribution in [2.45, 2.75) is 35.8 Å². The van der Waals surface area contributed by atoms with E-state index in [0.717, 1.165) is 11.3 Å². The zero-order valence-electron chi connectivity index (χ0n) is 12.7. The molecule has 134 valence electrons. The van der Waals surface area contributed by atoms with Crippen molar-refractivity contribution in [2.75, 3.05) is 11.1 Å². The summed E-state index contributed by atoms with van der Waals surface area (Å²) in [6.07, 6.45) is -1.78. The van der Waals surface area contributed by atoms with Gasteiger partial charge in [0.2, 0.25) is 5.91 Å². The monoisotopic (exact) mass is 401 g/mol. The summed E-state index contributed by atoms with van der Waals surface area (Å²) in [5.74, 6) is -0.676. The standard InChI is InChI=1S/C14H15N3O5S3/c18-6(16-13-15-1-2-23-13)3-17-12-11(25-14(17)22)7-5(4-24-12)8(19)10(21)9(7)20/h1-2,5,7-10,19-21H,3-4H2,(H,15,16,18)/t5-,7-,8-,9-,10+/m1/s1. The van der Waals surface area contributed by atoms with Crippen molar-refractivity contribution in [1.82, 2.24) is 9.55 Å². The van der Waals surface area contributed by atoms with E-state index in [1.165, 1.54) is 27.7 Å². The van der Waals surface area contributed by atoms with Crippen LogP contribution in [0, 0.1) is 5.92 Å². The summed E-state index contributed by atoms with van der Waals surface area (Å²) >= 11 is 3.62. The molecule has 1 aliphatic carbocycles. The number of rotatable bonds is 3. The maximum Gasteiger partial charge on any atom is 0.308 e. The van der Waals surface area contributed by atoms with Crippen molar-refractivity contribution in [3.63, 3.8) is 0 Å². The van der Waals surface area contributed by atoms with Gasteiger partial charge < -0.3 is 20.6 Å². The van der Waals surface area contributed by atoms with Gasteiger partial charge in [0.1, 0.15) is 12.6 Å². The third-order valence-corrected chi connectivity index (χ3v) is 7.70. The number of fused-ring (bicyclic) bond motifs is 3. The maximum absolute atomic E-state index is 12.4. The van der Waals surface area contributed by atoms with Crippen LogP contribution in [-0.4, -0.2) is 54.8 Å². The zero-order chi connectivity index (χ0) is 17.7. The van der Waals surface area contributed by atoms with Crippen LogP contribution in [0.25, 0.3) is 0 Å². The van der Waals surface area contributed by atoms with Gasteiger partial charge in [-0.3, -0.25) is 14.2 Å². The first kappa shape index (κ1) is 17.2. The number of carbonyl (C=O) groups is 1. The molecule has 8 nitrogen and oxygen atoms in total. The number of aromatic nitrogens is 2. The molecule has 4 rings (SSSR count). The van der Waals surface area contributed by atoms with E-state index < -0.39 is 24.2 Å². The van der Waals surface area contributed by atoms with Crippen molar-refractivity contribution in [1.29, 1.82) is 0 Å². The predicted molar refractivity (Wildman–Crippen MR) is 94.3 cm³/mol. The van der Waals surface area contributed by atoms with Gasteiger partial charge in [0.15, 0.2) is 5.13 Å². The Kier molecular flexibility index (Phi) is 4.46. The highest BCUT2D eigenvalue weighted by Crippen LogP contribution is 2.50. The number of thiazole rings is 2. The van der Waals surface area contributed by atoms with Crippen molar-refractivity contribution >= 4 is 45.5 Å². The minimum absolute atomic E-state index is 0.143. The Balaban J connectivity index is 1.61. The van der Waals surface area contributed by atoms with Crippen LogP contribution in [0.1, 0.15) is 10.8 Å². The maximum atomic E-state index is 12.4. The highest BCUT2D eigenvalue weighted by molar-refractivity contribution is 7.99. The number of aliphatic hydroxyl groups is 3. The Hall–Kier alpha value is -1.24. The Bertz CT molecular complexity index is 849. The molecule has 2 aromatic heterocycles. The van der Waals surface area contributed by atoms with Gasteiger partial charge in [0.25, 0.3) is 0 Å². The molecule has 1 fully saturated rings. The van der Waals surface area contributed by atoms with E-state index in [9.17, 15) is 24.9 Å². The summed E-state index contributed by atoms with van der Waals surface area (Å²) in [5, 5.41) is 35.7. The molecule has 0 bridgehead atoms. The average Bonchev–Trinajstić information content (AvgIpc) is 3.25. The van der Waals surface area contributed by atoms with E-state index in [-0.39, 0.29) is 23.2 Å². The van der Waals surface area contributed by atoms with Crippen molar-refractivity contribution in [2.24, 2.45) is 5.92 Å². The van der Waals surface area contributed by atoms with E-state index in [0.29, 0.717) is 20.8 Å². The summed E-state index contributed by atoms with van der Waals surface area (Å²) in [4.78, 5) is 28.9. The molecule has 2 aliphatic rings. The topological polar surface area (TPSA) is 125 Å². The Morgan fingerprint density at radius 3 is 2.84 bits per heavy atom. The number of nitrogens with one attached hydrogen (secondary N) is 1. The Morgan fingerprint density at radius 2 is 2.12 bits per heavy atom. The van der Waals surface area contributed by atoms with Crippen LogP contribution in [0.2, 0.25) is 0 Å². The number of hydrogen-bond acceptors (Lipinski definition) is 9. The first-order valence-corrected chi connectivity index (χ1v) is 10.3. The molecule has 11 heteroatoms. The lowest BCUT2D eigenvalue weighted by atomic mass is 9.94. The second kappa shape index (κ2) is 6.49. The van der Waals surface area contributed by atoms with Crippen LogP contribution < -0.4 is 10.2 Å². The summed E-state index contributed by atoms with van der Waals surface area (Å²) < 4.78 is 1.38. The first-order chi connectivity index (χ1) is 12.0. The SMILES string of the molecule is O=C(Cn1c2c(sc1=O)[C@H]1[C@@H](O)[C@@H](O)[C@H](O)[C@@H]1CS2)Nc1nccs1. The molecule has 0 spiro atoms. The van der Waals surface area contributed by atoms with Gasteiger partial charge in [0.05, 0.1) is 17.2 Å². The quantitative estimate of drug-likeness (QED) is 0.566. The highest BCUT2D eigenvalue weighted by atomic mass is 32.2. The van der Waals surface area contributed by atoms with Crippen molar-refractivity contribution in [3.05, 3.63) is 26.1 Å². The number of nitrogens with zero attached hydrogens (tertiary/aromatic N) is 2. The van der Waals surface area contributed by atoms with Gasteiger partial charge in [-0.2, -0.15) is 0 Å². The zero-order valence-corrected chi connectivity index (χ0v) is 15.2. The lowest BCUT2D eigenvalue weighted by Gasteiger charge is -2.27. The fraction of sp³-hybridized carbons (Fsp3) is 0.500. The van der Waals surface area contributed by atoms with Gasteiger partial charge in [-0.05, 0) is 0 Å². The summed E-state index contributed by atoms with van der Waals surface area (Å²) in [7, 11) is 0. The fourth-order valence-electron chi connectivity index (χ4n) is 3.35. The van der Waals surface area contributed by atoms with Crippen LogP contribution in [0.4, 0.5) is 5.13 Å². The predicted octanol–water partition coefficient (Wildman–Crippen LogP) is -0.0932. The molecule has 0 saturated heterocycles. The first-order valence-electron chi connectivity index (χ1n) is 7.57. The third kappa shape index (κ3) is 2.84. The lowest BCUT2D eigenvalue weighted by Crippen LogP contribution is -2.31. The fourth-order valence-corrected chi connectivity index (χ4v) is 6.70. The van der Waals surface area contributed by atoms with E-state index in [1.807, 2.05) is 0 Å². The number of aliphatic hydroxyl groups excluding tert-OH is 3. The van der Waals surface area contributed by atoms with E-state index in [4.69, 9.17) is 0 Å². The molecule has 4 N–H and O–H groups in total. The minimum Gasteiger partial charge on any atom is -0.390 e. The number of anilines is 1. The van der Waals surface area contributed by atoms with Gasteiger partial charge in [-0.15, -0.1) is 23.1 Å². The molecule has 2 aromatic rings. The molecule has 1 amide bonds. The van der Waals surface area contributed by atoms with Crippen LogP contribution in [0.5, 0.6) is 0 Å². The van der Waals surface area contributed by atoms with Crippen LogP contribution in [0.3, 0.4) is 0 Å². The molecule has 1 aliphatic heterocycles. The van der Waals surface area contributed by atoms with E-state index >= 15 is 0 Å². The molecule has 25 heavy (non-hydrogen) atoms. The largest absolute Gasteiger partial charge is 0.390 e. The lowest BCUT2D eigenvalue weighted by molar-refractivity contribution is -0.116. The Morgan fingerprint density at radius 1 is 1.32 bits per heavy atom. The molecule has 5 atom stereocenters. The Labute approximate surface area is 154 Å². The minimum atomic E-state index is -1.22. The summed E-state index contributed by atoms with van der Waals surface area (Å²) in [6, 6.07) is 0. The molecule has 0 aromatic carbocycles. The third-order valence-electron chi connectivity index (χ3n) is 4.54. The van der Waals surface area contributed by atoms with Gasteiger partial charge in [-0.1, -0.05) is 11.3 Å². The number of thioether (sulfide) groups is 1. The number of amides is 1. The summed E-state index contributed by atoms with van der Waals surface area (Å²) in [5.41, 5.74) is 0. The molecular formula is C14H15N3O5S3. The second-order valence-corrected chi connectivity index (χ2v) is 8.88. The highest BCUT2D eigenvalue weighted by Gasteiger charge is 2.53. The van der Waals surface area contributed by atoms with Crippen LogP contribution in [0.15, 0.2) is 21.4 Å².